The third-order valence-electron chi connectivity index (χ3n) is 4.52. The highest BCUT2D eigenvalue weighted by molar-refractivity contribution is 5.76. The Balaban J connectivity index is 1.79. The summed E-state index contributed by atoms with van der Waals surface area (Å²) in [7, 11) is 0. The van der Waals surface area contributed by atoms with Crippen molar-refractivity contribution in [2.45, 2.75) is 51.7 Å². The van der Waals surface area contributed by atoms with Gasteiger partial charge in [0.1, 0.15) is 5.82 Å². The molecule has 0 amide bonds. The molecule has 4 heteroatoms. The monoisotopic (exact) mass is 301 g/mol. The molecule has 0 aliphatic carbocycles. The molecule has 0 spiro atoms. The lowest BCUT2D eigenvalue weighted by molar-refractivity contribution is 0.0253. The van der Waals surface area contributed by atoms with E-state index < -0.39 is 5.60 Å². The molecule has 0 saturated carbocycles. The lowest BCUT2D eigenvalue weighted by Gasteiger charge is -2.36. The van der Waals surface area contributed by atoms with E-state index in [0.717, 1.165) is 44.4 Å². The smallest absolute Gasteiger partial charge is 0.109 e. The van der Waals surface area contributed by atoms with Gasteiger partial charge in [-0.1, -0.05) is 19.1 Å². The summed E-state index contributed by atoms with van der Waals surface area (Å²) in [6.07, 6.45) is 3.23. The van der Waals surface area contributed by atoms with Gasteiger partial charge in [-0.05, 0) is 38.8 Å². The van der Waals surface area contributed by atoms with Crippen molar-refractivity contribution in [2.75, 3.05) is 19.6 Å². The summed E-state index contributed by atoms with van der Waals surface area (Å²) >= 11 is 0. The number of benzene rings is 1. The van der Waals surface area contributed by atoms with Crippen LogP contribution >= 0.6 is 0 Å². The summed E-state index contributed by atoms with van der Waals surface area (Å²) in [6.45, 7) is 8.80. The lowest BCUT2D eigenvalue weighted by atomic mass is 10.0. The number of imidazole rings is 1. The van der Waals surface area contributed by atoms with Crippen LogP contribution in [0.2, 0.25) is 0 Å². The zero-order valence-electron chi connectivity index (χ0n) is 13.9. The van der Waals surface area contributed by atoms with Gasteiger partial charge < -0.3 is 14.6 Å². The second kappa shape index (κ2) is 6.01. The van der Waals surface area contributed by atoms with Crippen molar-refractivity contribution in [3.8, 4) is 0 Å². The molecule has 2 heterocycles. The zero-order valence-corrected chi connectivity index (χ0v) is 13.9. The highest BCUT2D eigenvalue weighted by atomic mass is 16.3. The molecule has 4 nitrogen and oxygen atoms in total. The molecule has 1 aromatic carbocycles. The van der Waals surface area contributed by atoms with Gasteiger partial charge in [0.05, 0.1) is 16.6 Å². The standard InChI is InChI=1S/C18H27N3O/c1-4-17-19-15-7-5-6-8-16(15)21(17)14-9-11-20(12-10-14)13-18(2,3)22/h5-8,14,22H,4,9-13H2,1-3H3. The molecular formula is C18H27N3O. The van der Waals surface area contributed by atoms with Crippen LogP contribution in [-0.2, 0) is 6.42 Å². The van der Waals surface area contributed by atoms with Crippen LogP contribution in [0.1, 0.15) is 45.5 Å². The second-order valence-electron chi connectivity index (χ2n) is 7.06. The van der Waals surface area contributed by atoms with E-state index in [0.29, 0.717) is 6.04 Å². The molecule has 0 radical (unpaired) electrons. The minimum Gasteiger partial charge on any atom is -0.389 e. The maximum Gasteiger partial charge on any atom is 0.109 e. The molecule has 22 heavy (non-hydrogen) atoms. The molecule has 3 rings (SSSR count). The van der Waals surface area contributed by atoms with Crippen LogP contribution in [0.4, 0.5) is 0 Å². The Kier molecular flexibility index (Phi) is 4.24. The number of aliphatic hydroxyl groups is 1. The lowest BCUT2D eigenvalue weighted by Crippen LogP contribution is -2.43. The Morgan fingerprint density at radius 1 is 1.23 bits per heavy atom. The third-order valence-corrected chi connectivity index (χ3v) is 4.52. The number of aromatic nitrogens is 2. The van der Waals surface area contributed by atoms with Crippen LogP contribution < -0.4 is 0 Å². The van der Waals surface area contributed by atoms with Crippen LogP contribution in [0.3, 0.4) is 0 Å². The Labute approximate surface area is 132 Å². The van der Waals surface area contributed by atoms with Gasteiger partial charge >= 0.3 is 0 Å². The predicted octanol–water partition coefficient (Wildman–Crippen LogP) is 3.01. The van der Waals surface area contributed by atoms with Gasteiger partial charge in [0.25, 0.3) is 0 Å². The van der Waals surface area contributed by atoms with Crippen molar-refractivity contribution in [3.05, 3.63) is 30.1 Å². The molecule has 0 unspecified atom stereocenters. The second-order valence-corrected chi connectivity index (χ2v) is 7.06. The predicted molar refractivity (Wildman–Crippen MR) is 90.1 cm³/mol. The first-order chi connectivity index (χ1) is 10.5. The first kappa shape index (κ1) is 15.5. The van der Waals surface area contributed by atoms with E-state index in [1.807, 2.05) is 13.8 Å². The molecular weight excluding hydrogens is 274 g/mol. The summed E-state index contributed by atoms with van der Waals surface area (Å²) in [6, 6.07) is 8.98. The fraction of sp³-hybridized carbons (Fsp3) is 0.611. The summed E-state index contributed by atoms with van der Waals surface area (Å²) in [5, 5.41) is 9.99. The summed E-state index contributed by atoms with van der Waals surface area (Å²) in [4.78, 5) is 7.17. The topological polar surface area (TPSA) is 41.3 Å². The SMILES string of the molecule is CCc1nc2ccccc2n1C1CCN(CC(C)(C)O)CC1. The van der Waals surface area contributed by atoms with Gasteiger partial charge in [0, 0.05) is 32.1 Å². The van der Waals surface area contributed by atoms with Crippen LogP contribution in [0.25, 0.3) is 11.0 Å². The summed E-state index contributed by atoms with van der Waals surface area (Å²) < 4.78 is 2.46. The maximum atomic E-state index is 9.99. The summed E-state index contributed by atoms with van der Waals surface area (Å²) in [5.74, 6) is 1.20. The molecule has 1 saturated heterocycles. The Hall–Kier alpha value is -1.39. The quantitative estimate of drug-likeness (QED) is 0.944. The van der Waals surface area contributed by atoms with Crippen molar-refractivity contribution < 1.29 is 5.11 Å². The highest BCUT2D eigenvalue weighted by Crippen LogP contribution is 2.29. The van der Waals surface area contributed by atoms with E-state index >= 15 is 0 Å². The number of piperidine rings is 1. The normalized spacial score (nSPS) is 18.2. The van der Waals surface area contributed by atoms with E-state index in [2.05, 4.69) is 40.7 Å². The maximum absolute atomic E-state index is 9.99. The van der Waals surface area contributed by atoms with Crippen molar-refractivity contribution >= 4 is 11.0 Å². The Morgan fingerprint density at radius 2 is 1.91 bits per heavy atom. The molecule has 1 aliphatic rings. The first-order valence-electron chi connectivity index (χ1n) is 8.38. The first-order valence-corrected chi connectivity index (χ1v) is 8.38. The van der Waals surface area contributed by atoms with E-state index in [9.17, 15) is 5.11 Å². The zero-order chi connectivity index (χ0) is 15.7. The largest absolute Gasteiger partial charge is 0.389 e. The minimum absolute atomic E-state index is 0.528. The molecule has 1 aliphatic heterocycles. The number of fused-ring (bicyclic) bond motifs is 1. The molecule has 0 atom stereocenters. The van der Waals surface area contributed by atoms with Gasteiger partial charge in [-0.15, -0.1) is 0 Å². The number of aryl methyl sites for hydroxylation is 1. The van der Waals surface area contributed by atoms with Gasteiger partial charge in [0.2, 0.25) is 0 Å². The van der Waals surface area contributed by atoms with Crippen molar-refractivity contribution in [2.24, 2.45) is 0 Å². The Bertz CT molecular complexity index is 633. The fourth-order valence-corrected chi connectivity index (χ4v) is 3.63. The number of rotatable bonds is 4. The van der Waals surface area contributed by atoms with Gasteiger partial charge in [0.15, 0.2) is 0 Å². The number of likely N-dealkylation sites (tertiary alicyclic amines) is 1. The average Bonchev–Trinajstić information content (AvgIpc) is 2.85. The van der Waals surface area contributed by atoms with E-state index in [-0.39, 0.29) is 0 Å². The van der Waals surface area contributed by atoms with Gasteiger partial charge in [-0.25, -0.2) is 4.98 Å². The average molecular weight is 301 g/mol. The van der Waals surface area contributed by atoms with Crippen molar-refractivity contribution in [1.29, 1.82) is 0 Å². The number of para-hydroxylation sites is 2. The van der Waals surface area contributed by atoms with Crippen LogP contribution in [0.15, 0.2) is 24.3 Å². The molecule has 0 bridgehead atoms. The third kappa shape index (κ3) is 3.18. The molecule has 2 aromatic rings. The highest BCUT2D eigenvalue weighted by Gasteiger charge is 2.26. The minimum atomic E-state index is -0.608. The van der Waals surface area contributed by atoms with Crippen LogP contribution in [-0.4, -0.2) is 44.8 Å². The number of hydrogen-bond acceptors (Lipinski definition) is 3. The van der Waals surface area contributed by atoms with Crippen molar-refractivity contribution in [3.63, 3.8) is 0 Å². The molecule has 1 fully saturated rings. The fourth-order valence-electron chi connectivity index (χ4n) is 3.63. The van der Waals surface area contributed by atoms with Gasteiger partial charge in [-0.2, -0.15) is 0 Å². The van der Waals surface area contributed by atoms with E-state index in [1.165, 1.54) is 11.3 Å². The van der Waals surface area contributed by atoms with Crippen LogP contribution in [0, 0.1) is 0 Å². The van der Waals surface area contributed by atoms with E-state index in [4.69, 9.17) is 4.98 Å². The molecule has 120 valence electrons. The van der Waals surface area contributed by atoms with Crippen LogP contribution in [0.5, 0.6) is 0 Å². The molecule has 1 N–H and O–H groups in total. The molecule has 1 aromatic heterocycles. The number of β-amino-alcohol motifs (C(OH)–C–C–N with tert-alkyl or cyclic N) is 1. The Morgan fingerprint density at radius 3 is 2.55 bits per heavy atom. The van der Waals surface area contributed by atoms with E-state index in [1.54, 1.807) is 0 Å². The van der Waals surface area contributed by atoms with Crippen molar-refractivity contribution in [1.82, 2.24) is 14.5 Å². The number of hydrogen-bond donors (Lipinski definition) is 1. The summed E-state index contributed by atoms with van der Waals surface area (Å²) in [5.41, 5.74) is 1.77. The van der Waals surface area contributed by atoms with Gasteiger partial charge in [-0.3, -0.25) is 0 Å². The number of nitrogens with zero attached hydrogens (tertiary/aromatic N) is 3.